The lowest BCUT2D eigenvalue weighted by molar-refractivity contribution is -0.123. The van der Waals surface area contributed by atoms with Crippen molar-refractivity contribution < 1.29 is 9.53 Å². The third-order valence-electron chi connectivity index (χ3n) is 3.65. The monoisotopic (exact) mass is 262 g/mol. The van der Waals surface area contributed by atoms with Gasteiger partial charge in [0.25, 0.3) is 0 Å². The van der Waals surface area contributed by atoms with Gasteiger partial charge in [0.2, 0.25) is 5.91 Å². The van der Waals surface area contributed by atoms with Gasteiger partial charge in [-0.3, -0.25) is 4.79 Å². The Kier molecular flexibility index (Phi) is 4.80. The summed E-state index contributed by atoms with van der Waals surface area (Å²) in [6.45, 7) is 2.37. The largest absolute Gasteiger partial charge is 0.397 e. The number of amides is 1. The third kappa shape index (κ3) is 4.24. The van der Waals surface area contributed by atoms with Crippen LogP contribution in [0.15, 0.2) is 24.3 Å². The van der Waals surface area contributed by atoms with Crippen LogP contribution in [0, 0.1) is 5.92 Å². The van der Waals surface area contributed by atoms with Crippen LogP contribution in [0.4, 0.5) is 11.4 Å². The van der Waals surface area contributed by atoms with Crippen molar-refractivity contribution in [3.8, 4) is 0 Å². The predicted molar refractivity (Wildman–Crippen MR) is 76.9 cm³/mol. The SMILES string of the molecule is CC1CCC(OCC(=O)Nc2ccccc2N)CC1. The average Bonchev–Trinajstić information content (AvgIpc) is 2.41. The molecule has 1 aromatic carbocycles. The molecule has 1 aliphatic carbocycles. The number of carbonyl (C=O) groups is 1. The average molecular weight is 262 g/mol. The number of anilines is 2. The molecule has 1 amide bonds. The number of nitrogens with one attached hydrogen (secondary N) is 1. The molecule has 0 heterocycles. The Morgan fingerprint density at radius 3 is 2.68 bits per heavy atom. The lowest BCUT2D eigenvalue weighted by atomic mass is 9.89. The minimum Gasteiger partial charge on any atom is -0.397 e. The topological polar surface area (TPSA) is 64.3 Å². The van der Waals surface area contributed by atoms with Crippen molar-refractivity contribution in [2.45, 2.75) is 38.7 Å². The number of nitrogen functional groups attached to an aromatic ring is 1. The zero-order chi connectivity index (χ0) is 13.7. The number of para-hydroxylation sites is 2. The lowest BCUT2D eigenvalue weighted by Gasteiger charge is -2.26. The summed E-state index contributed by atoms with van der Waals surface area (Å²) in [5.41, 5.74) is 6.99. The van der Waals surface area contributed by atoms with Crippen LogP contribution < -0.4 is 11.1 Å². The van der Waals surface area contributed by atoms with E-state index in [0.717, 1.165) is 18.8 Å². The van der Waals surface area contributed by atoms with Crippen molar-refractivity contribution in [2.24, 2.45) is 5.92 Å². The molecule has 19 heavy (non-hydrogen) atoms. The predicted octanol–water partition coefficient (Wildman–Crippen LogP) is 2.80. The zero-order valence-corrected chi connectivity index (χ0v) is 11.4. The summed E-state index contributed by atoms with van der Waals surface area (Å²) < 4.78 is 5.65. The van der Waals surface area contributed by atoms with Crippen LogP contribution in [-0.2, 0) is 9.53 Å². The number of ether oxygens (including phenoxy) is 1. The second-order valence-corrected chi connectivity index (χ2v) is 5.33. The highest BCUT2D eigenvalue weighted by atomic mass is 16.5. The Labute approximate surface area is 114 Å². The van der Waals surface area contributed by atoms with Gasteiger partial charge in [-0.15, -0.1) is 0 Å². The highest BCUT2D eigenvalue weighted by Gasteiger charge is 2.19. The molecule has 2 rings (SSSR count). The quantitative estimate of drug-likeness (QED) is 0.820. The molecule has 0 aromatic heterocycles. The van der Waals surface area contributed by atoms with E-state index in [1.54, 1.807) is 12.1 Å². The molecular weight excluding hydrogens is 240 g/mol. The summed E-state index contributed by atoms with van der Waals surface area (Å²) in [6.07, 6.45) is 4.73. The first-order chi connectivity index (χ1) is 9.15. The van der Waals surface area contributed by atoms with Crippen LogP contribution >= 0.6 is 0 Å². The second-order valence-electron chi connectivity index (χ2n) is 5.33. The van der Waals surface area contributed by atoms with E-state index >= 15 is 0 Å². The molecule has 104 valence electrons. The fraction of sp³-hybridized carbons (Fsp3) is 0.533. The van der Waals surface area contributed by atoms with Crippen LogP contribution in [-0.4, -0.2) is 18.6 Å². The molecule has 3 N–H and O–H groups in total. The first kappa shape index (κ1) is 13.9. The first-order valence-electron chi connectivity index (χ1n) is 6.91. The molecule has 0 atom stereocenters. The van der Waals surface area contributed by atoms with Gasteiger partial charge in [0.15, 0.2) is 0 Å². The highest BCUT2D eigenvalue weighted by molar-refractivity contribution is 5.94. The number of hydrogen-bond acceptors (Lipinski definition) is 3. The Hall–Kier alpha value is -1.55. The van der Waals surface area contributed by atoms with E-state index in [0.29, 0.717) is 11.4 Å². The van der Waals surface area contributed by atoms with Gasteiger partial charge in [-0.25, -0.2) is 0 Å². The van der Waals surface area contributed by atoms with E-state index < -0.39 is 0 Å². The van der Waals surface area contributed by atoms with Crippen LogP contribution in [0.3, 0.4) is 0 Å². The maximum Gasteiger partial charge on any atom is 0.250 e. The summed E-state index contributed by atoms with van der Waals surface area (Å²) in [5, 5.41) is 2.77. The number of carbonyl (C=O) groups excluding carboxylic acids is 1. The fourth-order valence-electron chi connectivity index (χ4n) is 2.39. The van der Waals surface area contributed by atoms with E-state index in [9.17, 15) is 4.79 Å². The Balaban J connectivity index is 1.74. The fourth-order valence-corrected chi connectivity index (χ4v) is 2.39. The Morgan fingerprint density at radius 1 is 1.32 bits per heavy atom. The normalized spacial score (nSPS) is 23.0. The summed E-state index contributed by atoms with van der Waals surface area (Å²) in [6, 6.07) is 7.23. The van der Waals surface area contributed by atoms with Crippen molar-refractivity contribution in [1.29, 1.82) is 0 Å². The van der Waals surface area contributed by atoms with E-state index in [4.69, 9.17) is 10.5 Å². The van der Waals surface area contributed by atoms with Crippen molar-refractivity contribution in [2.75, 3.05) is 17.7 Å². The lowest BCUT2D eigenvalue weighted by Crippen LogP contribution is -2.26. The van der Waals surface area contributed by atoms with Crippen molar-refractivity contribution in [1.82, 2.24) is 0 Å². The standard InChI is InChI=1S/C15H22N2O2/c1-11-6-8-12(9-7-11)19-10-15(18)17-14-5-3-2-4-13(14)16/h2-5,11-12H,6-10,16H2,1H3,(H,17,18). The minimum absolute atomic E-state index is 0.105. The number of rotatable bonds is 4. The third-order valence-corrected chi connectivity index (χ3v) is 3.65. The van der Waals surface area contributed by atoms with Gasteiger partial charge in [-0.1, -0.05) is 19.1 Å². The van der Waals surface area contributed by atoms with Gasteiger partial charge >= 0.3 is 0 Å². The van der Waals surface area contributed by atoms with Gasteiger partial charge in [-0.05, 0) is 43.7 Å². The molecule has 4 nitrogen and oxygen atoms in total. The Morgan fingerprint density at radius 2 is 2.00 bits per heavy atom. The van der Waals surface area contributed by atoms with Gasteiger partial charge in [0.05, 0.1) is 17.5 Å². The maximum absolute atomic E-state index is 11.8. The number of hydrogen-bond donors (Lipinski definition) is 2. The molecule has 1 saturated carbocycles. The molecular formula is C15H22N2O2. The van der Waals surface area contributed by atoms with Crippen LogP contribution in [0.5, 0.6) is 0 Å². The van der Waals surface area contributed by atoms with Gasteiger partial charge < -0.3 is 15.8 Å². The molecule has 0 bridgehead atoms. The van der Waals surface area contributed by atoms with E-state index in [1.807, 2.05) is 12.1 Å². The Bertz CT molecular complexity index is 426. The highest BCUT2D eigenvalue weighted by Crippen LogP contribution is 2.25. The molecule has 0 radical (unpaired) electrons. The summed E-state index contributed by atoms with van der Waals surface area (Å²) >= 11 is 0. The van der Waals surface area contributed by atoms with E-state index in [2.05, 4.69) is 12.2 Å². The second kappa shape index (κ2) is 6.57. The molecule has 0 saturated heterocycles. The van der Waals surface area contributed by atoms with E-state index in [-0.39, 0.29) is 18.6 Å². The molecule has 4 heteroatoms. The summed E-state index contributed by atoms with van der Waals surface area (Å²) in [4.78, 5) is 11.8. The molecule has 1 fully saturated rings. The van der Waals surface area contributed by atoms with Crippen LogP contribution in [0.1, 0.15) is 32.6 Å². The van der Waals surface area contributed by atoms with Crippen LogP contribution in [0.2, 0.25) is 0 Å². The first-order valence-corrected chi connectivity index (χ1v) is 6.91. The van der Waals surface area contributed by atoms with Crippen LogP contribution in [0.25, 0.3) is 0 Å². The molecule has 0 aliphatic heterocycles. The molecule has 0 spiro atoms. The zero-order valence-electron chi connectivity index (χ0n) is 11.4. The summed E-state index contributed by atoms with van der Waals surface area (Å²) in [5.74, 6) is 0.648. The van der Waals surface area contributed by atoms with Crippen molar-refractivity contribution in [3.05, 3.63) is 24.3 Å². The van der Waals surface area contributed by atoms with Gasteiger partial charge in [0, 0.05) is 0 Å². The molecule has 1 aliphatic rings. The molecule has 0 unspecified atom stereocenters. The molecule has 1 aromatic rings. The number of benzene rings is 1. The van der Waals surface area contributed by atoms with Gasteiger partial charge in [0.1, 0.15) is 6.61 Å². The smallest absolute Gasteiger partial charge is 0.250 e. The van der Waals surface area contributed by atoms with Gasteiger partial charge in [-0.2, -0.15) is 0 Å². The maximum atomic E-state index is 11.8. The minimum atomic E-state index is -0.142. The van der Waals surface area contributed by atoms with Crippen molar-refractivity contribution >= 4 is 17.3 Å². The number of nitrogens with two attached hydrogens (primary N) is 1. The summed E-state index contributed by atoms with van der Waals surface area (Å²) in [7, 11) is 0. The van der Waals surface area contributed by atoms with Crippen molar-refractivity contribution in [3.63, 3.8) is 0 Å². The van der Waals surface area contributed by atoms with E-state index in [1.165, 1.54) is 12.8 Å².